The van der Waals surface area contributed by atoms with Gasteiger partial charge < -0.3 is 5.32 Å². The second-order valence-corrected chi connectivity index (χ2v) is 8.63. The molecule has 2 aromatic heterocycles. The topological polar surface area (TPSA) is 71.0 Å². The summed E-state index contributed by atoms with van der Waals surface area (Å²) in [6, 6.07) is 13.2. The number of para-hydroxylation sites is 1. The van der Waals surface area contributed by atoms with Crippen molar-refractivity contribution in [3.05, 3.63) is 77.2 Å². The number of hydrogen-bond acceptors (Lipinski definition) is 6. The molecular formula is C22H18ClN5OS. The van der Waals surface area contributed by atoms with Crippen LogP contribution in [0.5, 0.6) is 0 Å². The predicted molar refractivity (Wildman–Crippen MR) is 121 cm³/mol. The third-order valence-corrected chi connectivity index (χ3v) is 6.83. The molecule has 5 rings (SSSR count). The van der Waals surface area contributed by atoms with Gasteiger partial charge in [0.15, 0.2) is 5.82 Å². The van der Waals surface area contributed by atoms with Crippen molar-refractivity contribution >= 4 is 51.8 Å². The Hall–Kier alpha value is -2.90. The van der Waals surface area contributed by atoms with Gasteiger partial charge in [0.05, 0.1) is 17.5 Å². The van der Waals surface area contributed by atoms with Crippen molar-refractivity contribution in [2.45, 2.75) is 18.2 Å². The number of hydrogen-bond donors (Lipinski definition) is 1. The van der Waals surface area contributed by atoms with Crippen LogP contribution in [-0.4, -0.2) is 32.2 Å². The first kappa shape index (κ1) is 19.1. The summed E-state index contributed by atoms with van der Waals surface area (Å²) in [6.45, 7) is 2.01. The van der Waals surface area contributed by atoms with E-state index in [0.717, 1.165) is 16.9 Å². The molecule has 3 atom stereocenters. The van der Waals surface area contributed by atoms with Crippen LogP contribution in [0.15, 0.2) is 77.2 Å². The molecule has 0 saturated carbocycles. The lowest BCUT2D eigenvalue weighted by Gasteiger charge is -2.37. The molecule has 30 heavy (non-hydrogen) atoms. The zero-order valence-corrected chi connectivity index (χ0v) is 17.6. The van der Waals surface area contributed by atoms with Crippen LogP contribution in [0.25, 0.3) is 11.0 Å². The molecule has 6 nitrogen and oxygen atoms in total. The third-order valence-electron chi connectivity index (χ3n) is 5.25. The first-order chi connectivity index (χ1) is 14.6. The van der Waals surface area contributed by atoms with Crippen LogP contribution in [-0.2, 0) is 4.79 Å². The number of nitrogens with zero attached hydrogens (tertiary/aromatic N) is 4. The number of nitrogens with one attached hydrogen (secondary N) is 1. The monoisotopic (exact) mass is 435 g/mol. The van der Waals surface area contributed by atoms with Crippen LogP contribution in [0.1, 0.15) is 6.92 Å². The standard InChI is InChI=1S/C22H18ClN5OS/c1-13(27-21-20-16(25-12-26-21)8-5-9-24-20)17-10-18-19(15(23)11-30-18)22(29)28(17)14-6-3-2-4-7-14/h2-13,18-19H,1H3,(H,25,26,27)/t13-,18?,19?/m0/s1. The van der Waals surface area contributed by atoms with Crippen molar-refractivity contribution in [1.29, 1.82) is 0 Å². The molecule has 0 bridgehead atoms. The average Bonchev–Trinajstić information content (AvgIpc) is 3.15. The summed E-state index contributed by atoms with van der Waals surface area (Å²) >= 11 is 7.96. The zero-order chi connectivity index (χ0) is 20.7. The van der Waals surface area contributed by atoms with E-state index in [1.165, 1.54) is 6.33 Å². The molecule has 2 aliphatic heterocycles. The van der Waals surface area contributed by atoms with Gasteiger partial charge in [-0.1, -0.05) is 29.8 Å². The van der Waals surface area contributed by atoms with Crippen LogP contribution in [0.4, 0.5) is 11.5 Å². The Bertz CT molecular complexity index is 1180. The molecule has 2 unspecified atom stereocenters. The molecule has 1 aromatic carbocycles. The summed E-state index contributed by atoms with van der Waals surface area (Å²) in [6.07, 6.45) is 5.36. The number of halogens is 1. The van der Waals surface area contributed by atoms with Crippen molar-refractivity contribution in [3.63, 3.8) is 0 Å². The van der Waals surface area contributed by atoms with Crippen LogP contribution >= 0.6 is 23.4 Å². The number of anilines is 2. The lowest BCUT2D eigenvalue weighted by atomic mass is 9.95. The Balaban J connectivity index is 1.54. The predicted octanol–water partition coefficient (Wildman–Crippen LogP) is 4.57. The number of amides is 1. The number of carbonyl (C=O) groups is 1. The average molecular weight is 436 g/mol. The van der Waals surface area contributed by atoms with Gasteiger partial charge in [-0.15, -0.1) is 11.8 Å². The Morgan fingerprint density at radius 3 is 2.80 bits per heavy atom. The van der Waals surface area contributed by atoms with Gasteiger partial charge in [-0.2, -0.15) is 0 Å². The maximum Gasteiger partial charge on any atom is 0.241 e. The summed E-state index contributed by atoms with van der Waals surface area (Å²) in [4.78, 5) is 28.3. The van der Waals surface area contributed by atoms with Crippen LogP contribution < -0.4 is 10.2 Å². The minimum Gasteiger partial charge on any atom is -0.360 e. The quantitative estimate of drug-likeness (QED) is 0.647. The first-order valence-electron chi connectivity index (χ1n) is 9.57. The molecular weight excluding hydrogens is 418 g/mol. The van der Waals surface area contributed by atoms with Crippen LogP contribution in [0.2, 0.25) is 0 Å². The van der Waals surface area contributed by atoms with Crippen molar-refractivity contribution < 1.29 is 4.79 Å². The molecule has 1 N–H and O–H groups in total. The smallest absolute Gasteiger partial charge is 0.241 e. The zero-order valence-electron chi connectivity index (χ0n) is 16.1. The second kappa shape index (κ2) is 7.74. The van der Waals surface area contributed by atoms with Gasteiger partial charge in [0.25, 0.3) is 0 Å². The minimum absolute atomic E-state index is 0.00974. The number of thioether (sulfide) groups is 1. The second-order valence-electron chi connectivity index (χ2n) is 7.14. The van der Waals surface area contributed by atoms with E-state index in [2.05, 4.69) is 26.3 Å². The van der Waals surface area contributed by atoms with Gasteiger partial charge in [0.1, 0.15) is 11.8 Å². The van der Waals surface area contributed by atoms with E-state index in [9.17, 15) is 4.79 Å². The van der Waals surface area contributed by atoms with Gasteiger partial charge in [0, 0.05) is 27.9 Å². The normalized spacial score (nSPS) is 21.8. The highest BCUT2D eigenvalue weighted by Gasteiger charge is 2.43. The highest BCUT2D eigenvalue weighted by Crippen LogP contribution is 2.45. The largest absolute Gasteiger partial charge is 0.360 e. The van der Waals surface area contributed by atoms with Crippen molar-refractivity contribution in [3.8, 4) is 0 Å². The number of fused-ring (bicyclic) bond motifs is 2. The lowest BCUT2D eigenvalue weighted by Crippen LogP contribution is -2.46. The van der Waals surface area contributed by atoms with Crippen LogP contribution in [0.3, 0.4) is 0 Å². The minimum atomic E-state index is -0.352. The van der Waals surface area contributed by atoms with Gasteiger partial charge >= 0.3 is 0 Å². The van der Waals surface area contributed by atoms with Crippen molar-refractivity contribution in [2.75, 3.05) is 10.2 Å². The molecule has 0 aliphatic carbocycles. The SMILES string of the molecule is C[C@H](Nc1ncnc2cccnc12)C1=CC2SC=C(Cl)C2C(=O)N1c1ccccc1. The van der Waals surface area contributed by atoms with Crippen molar-refractivity contribution in [1.82, 2.24) is 15.0 Å². The van der Waals surface area contributed by atoms with Gasteiger partial charge in [-0.05, 0) is 42.7 Å². The highest BCUT2D eigenvalue weighted by molar-refractivity contribution is 8.03. The van der Waals surface area contributed by atoms with Gasteiger partial charge in [-0.3, -0.25) is 14.7 Å². The molecule has 8 heteroatoms. The summed E-state index contributed by atoms with van der Waals surface area (Å²) in [7, 11) is 0. The van der Waals surface area contributed by atoms with E-state index < -0.39 is 0 Å². The number of carbonyl (C=O) groups excluding carboxylic acids is 1. The molecule has 0 radical (unpaired) electrons. The molecule has 1 amide bonds. The molecule has 3 aromatic rings. The van der Waals surface area contributed by atoms with Gasteiger partial charge in [-0.25, -0.2) is 9.97 Å². The lowest BCUT2D eigenvalue weighted by molar-refractivity contribution is -0.120. The maximum absolute atomic E-state index is 13.5. The first-order valence-corrected chi connectivity index (χ1v) is 10.9. The van der Waals surface area contributed by atoms with E-state index in [4.69, 9.17) is 11.6 Å². The molecule has 0 saturated heterocycles. The molecule has 150 valence electrons. The molecule has 2 aliphatic rings. The number of benzene rings is 1. The third kappa shape index (κ3) is 3.24. The fourth-order valence-electron chi connectivity index (χ4n) is 3.82. The van der Waals surface area contributed by atoms with E-state index in [1.807, 2.05) is 54.8 Å². The molecule has 4 heterocycles. The summed E-state index contributed by atoms with van der Waals surface area (Å²) < 4.78 is 0. The molecule has 0 fully saturated rings. The summed E-state index contributed by atoms with van der Waals surface area (Å²) in [5.74, 6) is 0.260. The Morgan fingerprint density at radius 2 is 1.97 bits per heavy atom. The van der Waals surface area contributed by atoms with Crippen molar-refractivity contribution in [2.24, 2.45) is 5.92 Å². The van der Waals surface area contributed by atoms with E-state index >= 15 is 0 Å². The number of aromatic nitrogens is 3. The number of rotatable bonds is 4. The van der Waals surface area contributed by atoms with E-state index in [1.54, 1.807) is 22.9 Å². The van der Waals surface area contributed by atoms with E-state index in [-0.39, 0.29) is 23.1 Å². The fraction of sp³-hybridized carbons (Fsp3) is 0.182. The van der Waals surface area contributed by atoms with Crippen LogP contribution in [0, 0.1) is 5.92 Å². The summed E-state index contributed by atoms with van der Waals surface area (Å²) in [5, 5.41) is 5.89. The Labute approximate surface area is 183 Å². The Morgan fingerprint density at radius 1 is 1.13 bits per heavy atom. The molecule has 0 spiro atoms. The van der Waals surface area contributed by atoms with E-state index in [0.29, 0.717) is 16.4 Å². The number of pyridine rings is 1. The Kier molecular flexibility index (Phi) is 4.92. The van der Waals surface area contributed by atoms with Gasteiger partial charge in [0.2, 0.25) is 5.91 Å². The maximum atomic E-state index is 13.5. The highest BCUT2D eigenvalue weighted by atomic mass is 35.5. The summed E-state index contributed by atoms with van der Waals surface area (Å²) in [5.41, 5.74) is 3.13. The fourth-order valence-corrected chi connectivity index (χ4v) is 5.35.